The second kappa shape index (κ2) is 3.55. The van der Waals surface area contributed by atoms with E-state index in [9.17, 15) is 8.42 Å². The molecule has 1 N–H and O–H groups in total. The molecule has 0 amide bonds. The van der Waals surface area contributed by atoms with Crippen LogP contribution in [0.1, 0.15) is 0 Å². The Hall–Kier alpha value is -1.07. The van der Waals surface area contributed by atoms with Gasteiger partial charge in [-0.3, -0.25) is 8.91 Å². The van der Waals surface area contributed by atoms with Crippen LogP contribution in [0.5, 0.6) is 0 Å². The molecule has 0 aliphatic rings. The van der Waals surface area contributed by atoms with Crippen molar-refractivity contribution in [2.45, 2.75) is 0 Å². The summed E-state index contributed by atoms with van der Waals surface area (Å²) in [7, 11) is -2.52. The summed E-state index contributed by atoms with van der Waals surface area (Å²) in [5.41, 5.74) is 0.486. The van der Waals surface area contributed by atoms with Crippen molar-refractivity contribution in [2.24, 2.45) is 0 Å². The van der Waals surface area contributed by atoms with Gasteiger partial charge in [-0.1, -0.05) is 18.2 Å². The minimum atomic E-state index is -3.62. The molecule has 0 aromatic heterocycles. The Bertz CT molecular complexity index is 333. The first kappa shape index (κ1) is 9.02. The lowest BCUT2D eigenvalue weighted by molar-refractivity contribution is 0.402. The van der Waals surface area contributed by atoms with Crippen molar-refractivity contribution in [3.63, 3.8) is 0 Å². The van der Waals surface area contributed by atoms with Crippen molar-refractivity contribution in [1.29, 1.82) is 0 Å². The molecule has 66 valence electrons. The van der Waals surface area contributed by atoms with Gasteiger partial charge in [0.15, 0.2) is 0 Å². The summed E-state index contributed by atoms with van der Waals surface area (Å²) in [6, 6.07) is 8.53. The average Bonchev–Trinajstić information content (AvgIpc) is 2.06. The standard InChI is InChI=1S/C7H9NO3S/c1-11-12(9,10)8-7-5-3-2-4-6-7/h2-6,8H,1H3. The molecule has 0 saturated heterocycles. The van der Waals surface area contributed by atoms with Crippen LogP contribution in [-0.2, 0) is 14.5 Å². The Morgan fingerprint density at radius 3 is 2.33 bits per heavy atom. The molecule has 0 atom stereocenters. The van der Waals surface area contributed by atoms with Crippen molar-refractivity contribution in [1.82, 2.24) is 0 Å². The lowest BCUT2D eigenvalue weighted by atomic mass is 10.3. The van der Waals surface area contributed by atoms with Crippen LogP contribution in [0.15, 0.2) is 30.3 Å². The minimum absolute atomic E-state index is 0.486. The quantitative estimate of drug-likeness (QED) is 0.767. The van der Waals surface area contributed by atoms with Crippen molar-refractivity contribution in [3.8, 4) is 0 Å². The highest BCUT2D eigenvalue weighted by atomic mass is 32.2. The lowest BCUT2D eigenvalue weighted by Gasteiger charge is -2.03. The van der Waals surface area contributed by atoms with E-state index >= 15 is 0 Å². The van der Waals surface area contributed by atoms with E-state index in [1.54, 1.807) is 30.3 Å². The Morgan fingerprint density at radius 1 is 1.25 bits per heavy atom. The first-order valence-electron chi connectivity index (χ1n) is 3.27. The zero-order chi connectivity index (χ0) is 9.03. The molecule has 0 fully saturated rings. The largest absolute Gasteiger partial charge is 0.359 e. The van der Waals surface area contributed by atoms with Crippen LogP contribution in [0.3, 0.4) is 0 Å². The van der Waals surface area contributed by atoms with Gasteiger partial charge in [-0.25, -0.2) is 0 Å². The van der Waals surface area contributed by atoms with E-state index in [0.717, 1.165) is 7.11 Å². The SMILES string of the molecule is COS(=O)(=O)Nc1ccccc1. The molecule has 4 nitrogen and oxygen atoms in total. The first-order chi connectivity index (χ1) is 5.64. The first-order valence-corrected chi connectivity index (χ1v) is 4.68. The number of nitrogens with one attached hydrogen (secondary N) is 1. The predicted octanol–water partition coefficient (Wildman–Crippen LogP) is 0.990. The van der Waals surface area contributed by atoms with Gasteiger partial charge in [0, 0.05) is 0 Å². The van der Waals surface area contributed by atoms with Gasteiger partial charge in [-0.05, 0) is 12.1 Å². The molecule has 12 heavy (non-hydrogen) atoms. The number of para-hydroxylation sites is 1. The van der Waals surface area contributed by atoms with Crippen molar-refractivity contribution >= 4 is 16.0 Å². The van der Waals surface area contributed by atoms with Crippen LogP contribution in [0.4, 0.5) is 5.69 Å². The number of hydrogen-bond donors (Lipinski definition) is 1. The maximum Gasteiger partial charge on any atom is 0.359 e. The van der Waals surface area contributed by atoms with E-state index in [1.807, 2.05) is 0 Å². The average molecular weight is 187 g/mol. The fraction of sp³-hybridized carbons (Fsp3) is 0.143. The minimum Gasteiger partial charge on any atom is -0.261 e. The summed E-state index contributed by atoms with van der Waals surface area (Å²) in [5, 5.41) is 0. The summed E-state index contributed by atoms with van der Waals surface area (Å²) in [5.74, 6) is 0. The highest BCUT2D eigenvalue weighted by Gasteiger charge is 2.05. The Labute approximate surface area is 71.4 Å². The summed E-state index contributed by atoms with van der Waals surface area (Å²) in [4.78, 5) is 0. The maximum absolute atomic E-state index is 10.8. The fourth-order valence-electron chi connectivity index (χ4n) is 0.692. The molecule has 0 bridgehead atoms. The molecule has 0 spiro atoms. The molecule has 5 heteroatoms. The predicted molar refractivity (Wildman–Crippen MR) is 46.0 cm³/mol. The molecular weight excluding hydrogens is 178 g/mol. The van der Waals surface area contributed by atoms with Crippen molar-refractivity contribution in [3.05, 3.63) is 30.3 Å². The van der Waals surface area contributed by atoms with E-state index in [4.69, 9.17) is 0 Å². The number of benzene rings is 1. The van der Waals surface area contributed by atoms with Gasteiger partial charge in [0.1, 0.15) is 0 Å². The van der Waals surface area contributed by atoms with Crippen LogP contribution in [-0.4, -0.2) is 15.5 Å². The summed E-state index contributed by atoms with van der Waals surface area (Å²) >= 11 is 0. The third kappa shape index (κ3) is 2.52. The lowest BCUT2D eigenvalue weighted by Crippen LogP contribution is -2.13. The van der Waals surface area contributed by atoms with Crippen molar-refractivity contribution in [2.75, 3.05) is 11.8 Å². The van der Waals surface area contributed by atoms with Gasteiger partial charge in [-0.2, -0.15) is 8.42 Å². The van der Waals surface area contributed by atoms with Gasteiger partial charge in [-0.15, -0.1) is 0 Å². The highest BCUT2D eigenvalue weighted by Crippen LogP contribution is 2.07. The van der Waals surface area contributed by atoms with Crippen LogP contribution in [0.2, 0.25) is 0 Å². The molecule has 1 aromatic rings. The van der Waals surface area contributed by atoms with Gasteiger partial charge < -0.3 is 0 Å². The molecule has 0 saturated carbocycles. The Kier molecular flexibility index (Phi) is 2.67. The second-order valence-electron chi connectivity index (χ2n) is 2.09. The van der Waals surface area contributed by atoms with Crippen molar-refractivity contribution < 1.29 is 12.6 Å². The van der Waals surface area contributed by atoms with Gasteiger partial charge >= 0.3 is 10.3 Å². The normalized spacial score (nSPS) is 11.1. The number of rotatable bonds is 3. The summed E-state index contributed by atoms with van der Waals surface area (Å²) in [6.07, 6.45) is 0. The molecule has 1 rings (SSSR count). The number of hydrogen-bond acceptors (Lipinski definition) is 3. The number of anilines is 1. The fourth-order valence-corrected chi connectivity index (χ4v) is 1.20. The summed E-state index contributed by atoms with van der Waals surface area (Å²) < 4.78 is 28.1. The van der Waals surface area contributed by atoms with E-state index in [0.29, 0.717) is 5.69 Å². The van der Waals surface area contributed by atoms with E-state index in [2.05, 4.69) is 8.91 Å². The van der Waals surface area contributed by atoms with Gasteiger partial charge in [0.25, 0.3) is 0 Å². The highest BCUT2D eigenvalue weighted by molar-refractivity contribution is 7.88. The van der Waals surface area contributed by atoms with Crippen LogP contribution < -0.4 is 4.72 Å². The molecule has 0 unspecified atom stereocenters. The molecule has 0 aliphatic heterocycles. The Morgan fingerprint density at radius 2 is 1.83 bits per heavy atom. The summed E-state index contributed by atoms with van der Waals surface area (Å²) in [6.45, 7) is 0. The van der Waals surface area contributed by atoms with Gasteiger partial charge in [0.2, 0.25) is 0 Å². The third-order valence-corrected chi connectivity index (χ3v) is 2.16. The molecule has 1 aromatic carbocycles. The monoisotopic (exact) mass is 187 g/mol. The maximum atomic E-state index is 10.8. The van der Waals surface area contributed by atoms with Crippen LogP contribution >= 0.6 is 0 Å². The van der Waals surface area contributed by atoms with E-state index in [-0.39, 0.29) is 0 Å². The molecule has 0 aliphatic carbocycles. The zero-order valence-corrected chi connectivity index (χ0v) is 7.34. The third-order valence-electron chi connectivity index (χ3n) is 1.24. The smallest absolute Gasteiger partial charge is 0.261 e. The second-order valence-corrected chi connectivity index (χ2v) is 3.53. The van der Waals surface area contributed by atoms with E-state index in [1.165, 1.54) is 0 Å². The molecular formula is C7H9NO3S. The Balaban J connectivity index is 2.78. The van der Waals surface area contributed by atoms with E-state index < -0.39 is 10.3 Å². The van der Waals surface area contributed by atoms with Crippen LogP contribution in [0, 0.1) is 0 Å². The zero-order valence-electron chi connectivity index (χ0n) is 6.52. The molecule has 0 radical (unpaired) electrons. The topological polar surface area (TPSA) is 55.4 Å². The molecule has 0 heterocycles. The van der Waals surface area contributed by atoms with Crippen LogP contribution in [0.25, 0.3) is 0 Å². The van der Waals surface area contributed by atoms with Gasteiger partial charge in [0.05, 0.1) is 12.8 Å².